The summed E-state index contributed by atoms with van der Waals surface area (Å²) in [5.74, 6) is -1.81. The molecule has 0 saturated heterocycles. The number of nitrogens with one attached hydrogen (secondary N) is 1. The van der Waals surface area contributed by atoms with Gasteiger partial charge in [-0.25, -0.2) is 13.1 Å². The second kappa shape index (κ2) is 6.36. The third kappa shape index (κ3) is 4.19. The van der Waals surface area contributed by atoms with Crippen LogP contribution in [0.1, 0.15) is 20.3 Å². The van der Waals surface area contributed by atoms with Crippen LogP contribution in [0, 0.1) is 5.92 Å². The molecule has 0 bridgehead atoms. The Kier molecular flexibility index (Phi) is 5.34. The summed E-state index contributed by atoms with van der Waals surface area (Å²) in [7, 11) is -3.91. The van der Waals surface area contributed by atoms with Crippen molar-refractivity contribution in [3.05, 3.63) is 29.3 Å². The van der Waals surface area contributed by atoms with E-state index in [0.717, 1.165) is 0 Å². The average molecular weight is 305 g/mol. The quantitative estimate of drug-likeness (QED) is 0.841. The summed E-state index contributed by atoms with van der Waals surface area (Å²) in [5.41, 5.74) is 0. The number of hydrogen-bond acceptors (Lipinski definition) is 4. The average Bonchev–Trinajstić information content (AvgIpc) is 2.35. The zero-order valence-electron chi connectivity index (χ0n) is 10.6. The summed E-state index contributed by atoms with van der Waals surface area (Å²) in [6.45, 7) is 3.42. The number of carboxylic acid groups (broad SMARTS) is 1. The molecular weight excluding hydrogens is 290 g/mol. The molecular formula is C12H15ClNO4S-. The molecule has 0 spiro atoms. The van der Waals surface area contributed by atoms with Crippen molar-refractivity contribution < 1.29 is 18.3 Å². The summed E-state index contributed by atoms with van der Waals surface area (Å²) in [5, 5.41) is 11.4. The van der Waals surface area contributed by atoms with Crippen molar-refractivity contribution in [1.82, 2.24) is 4.72 Å². The van der Waals surface area contributed by atoms with Crippen molar-refractivity contribution in [1.29, 1.82) is 0 Å². The highest BCUT2D eigenvalue weighted by Gasteiger charge is 2.24. The van der Waals surface area contributed by atoms with Gasteiger partial charge in [0.1, 0.15) is 0 Å². The zero-order valence-corrected chi connectivity index (χ0v) is 12.2. The second-order valence-electron chi connectivity index (χ2n) is 4.26. The highest BCUT2D eigenvalue weighted by Crippen LogP contribution is 2.16. The largest absolute Gasteiger partial charge is 0.548 e. The van der Waals surface area contributed by atoms with E-state index in [1.165, 1.54) is 24.3 Å². The van der Waals surface area contributed by atoms with Gasteiger partial charge in [0.2, 0.25) is 10.0 Å². The minimum atomic E-state index is -3.91. The molecule has 0 aliphatic heterocycles. The first-order valence-corrected chi connectivity index (χ1v) is 7.62. The molecule has 5 nitrogen and oxygen atoms in total. The molecule has 0 aromatic heterocycles. The molecule has 1 N–H and O–H groups in total. The molecule has 1 aromatic carbocycles. The maximum atomic E-state index is 12.0. The van der Waals surface area contributed by atoms with Gasteiger partial charge < -0.3 is 9.90 Å². The molecule has 0 amide bonds. The summed E-state index contributed by atoms with van der Waals surface area (Å²) in [4.78, 5) is 11.0. The number of halogens is 1. The summed E-state index contributed by atoms with van der Waals surface area (Å²) >= 11 is 5.67. The molecule has 19 heavy (non-hydrogen) atoms. The van der Waals surface area contributed by atoms with E-state index in [-0.39, 0.29) is 10.8 Å². The van der Waals surface area contributed by atoms with Crippen LogP contribution in [-0.4, -0.2) is 20.4 Å². The Morgan fingerprint density at radius 1 is 1.37 bits per heavy atom. The summed E-state index contributed by atoms with van der Waals surface area (Å²) in [6.07, 6.45) is 0.516. The van der Waals surface area contributed by atoms with Crippen molar-refractivity contribution in [2.75, 3.05) is 0 Å². The summed E-state index contributed by atoms with van der Waals surface area (Å²) < 4.78 is 26.2. The van der Waals surface area contributed by atoms with Crippen molar-refractivity contribution in [2.45, 2.75) is 31.2 Å². The third-order valence-electron chi connectivity index (χ3n) is 2.87. The van der Waals surface area contributed by atoms with Gasteiger partial charge in [-0.05, 0) is 30.2 Å². The summed E-state index contributed by atoms with van der Waals surface area (Å²) in [6, 6.07) is 4.22. The molecule has 0 aliphatic carbocycles. The van der Waals surface area contributed by atoms with Crippen molar-refractivity contribution in [2.24, 2.45) is 5.92 Å². The first kappa shape index (κ1) is 15.9. The van der Waals surface area contributed by atoms with Crippen LogP contribution < -0.4 is 9.83 Å². The van der Waals surface area contributed by atoms with Gasteiger partial charge in [0.15, 0.2) is 0 Å². The lowest BCUT2D eigenvalue weighted by Gasteiger charge is -2.24. The van der Waals surface area contributed by atoms with Crippen molar-refractivity contribution >= 4 is 27.6 Å². The number of aliphatic carboxylic acids is 1. The van der Waals surface area contributed by atoms with Gasteiger partial charge in [-0.3, -0.25) is 0 Å². The van der Waals surface area contributed by atoms with Gasteiger partial charge >= 0.3 is 0 Å². The fourth-order valence-electron chi connectivity index (χ4n) is 1.48. The van der Waals surface area contributed by atoms with E-state index in [0.29, 0.717) is 11.4 Å². The predicted molar refractivity (Wildman–Crippen MR) is 70.0 cm³/mol. The SMILES string of the molecule is CCC(C)C(NS(=O)(=O)c1ccc(Cl)cc1)C(=O)[O-]. The van der Waals surface area contributed by atoms with Gasteiger partial charge in [0, 0.05) is 5.02 Å². The van der Waals surface area contributed by atoms with Gasteiger partial charge in [-0.2, -0.15) is 0 Å². The Morgan fingerprint density at radius 3 is 2.32 bits per heavy atom. The minimum Gasteiger partial charge on any atom is -0.548 e. The molecule has 2 atom stereocenters. The van der Waals surface area contributed by atoms with E-state index < -0.39 is 22.0 Å². The van der Waals surface area contributed by atoms with E-state index in [2.05, 4.69) is 4.72 Å². The standard InChI is InChI=1S/C12H16ClNO4S/c1-3-8(2)11(12(15)16)14-19(17,18)10-6-4-9(13)5-7-10/h4-8,11,14H,3H2,1-2H3,(H,15,16)/p-1. The van der Waals surface area contributed by atoms with Crippen LogP contribution in [0.5, 0.6) is 0 Å². The zero-order chi connectivity index (χ0) is 14.6. The highest BCUT2D eigenvalue weighted by molar-refractivity contribution is 7.89. The molecule has 1 aromatic rings. The smallest absolute Gasteiger partial charge is 0.241 e. The number of rotatable bonds is 6. The van der Waals surface area contributed by atoms with Gasteiger partial charge in [-0.15, -0.1) is 0 Å². The Bertz CT molecular complexity index is 541. The number of hydrogen-bond donors (Lipinski definition) is 1. The number of carbonyl (C=O) groups excluding carboxylic acids is 1. The third-order valence-corrected chi connectivity index (χ3v) is 4.58. The van der Waals surface area contributed by atoms with E-state index >= 15 is 0 Å². The number of sulfonamides is 1. The van der Waals surface area contributed by atoms with E-state index in [4.69, 9.17) is 11.6 Å². The van der Waals surface area contributed by atoms with E-state index in [1.807, 2.05) is 0 Å². The van der Waals surface area contributed by atoms with Crippen molar-refractivity contribution in [3.8, 4) is 0 Å². The first-order chi connectivity index (χ1) is 8.77. The number of carboxylic acids is 1. The maximum Gasteiger partial charge on any atom is 0.241 e. The molecule has 7 heteroatoms. The monoisotopic (exact) mass is 304 g/mol. The molecule has 2 unspecified atom stereocenters. The Hall–Kier alpha value is -1.11. The minimum absolute atomic E-state index is 0.0357. The van der Waals surface area contributed by atoms with Crippen molar-refractivity contribution in [3.63, 3.8) is 0 Å². The molecule has 0 radical (unpaired) electrons. The number of benzene rings is 1. The van der Waals surface area contributed by atoms with Crippen LogP contribution in [-0.2, 0) is 14.8 Å². The normalized spacial score (nSPS) is 14.9. The molecule has 0 heterocycles. The molecule has 106 valence electrons. The van der Waals surface area contributed by atoms with Crippen LogP contribution in [0.3, 0.4) is 0 Å². The first-order valence-electron chi connectivity index (χ1n) is 5.76. The Morgan fingerprint density at radius 2 is 1.89 bits per heavy atom. The fraction of sp³-hybridized carbons (Fsp3) is 0.417. The Balaban J connectivity index is 3.00. The van der Waals surface area contributed by atoms with Crippen LogP contribution >= 0.6 is 11.6 Å². The highest BCUT2D eigenvalue weighted by atomic mass is 35.5. The van der Waals surface area contributed by atoms with Gasteiger partial charge in [-0.1, -0.05) is 31.9 Å². The predicted octanol–water partition coefficient (Wildman–Crippen LogP) is 0.783. The lowest BCUT2D eigenvalue weighted by molar-refractivity contribution is -0.309. The van der Waals surface area contributed by atoms with Crippen LogP contribution in [0.25, 0.3) is 0 Å². The van der Waals surface area contributed by atoms with Crippen LogP contribution in [0.4, 0.5) is 0 Å². The van der Waals surface area contributed by atoms with Crippen LogP contribution in [0.2, 0.25) is 5.02 Å². The molecule has 0 saturated carbocycles. The lowest BCUT2D eigenvalue weighted by Crippen LogP contribution is -2.51. The fourth-order valence-corrected chi connectivity index (χ4v) is 2.90. The lowest BCUT2D eigenvalue weighted by atomic mass is 10.0. The topological polar surface area (TPSA) is 86.3 Å². The maximum absolute atomic E-state index is 12.0. The number of carbonyl (C=O) groups is 1. The second-order valence-corrected chi connectivity index (χ2v) is 6.41. The molecule has 0 fully saturated rings. The van der Waals surface area contributed by atoms with Gasteiger partial charge in [0.25, 0.3) is 0 Å². The molecule has 1 rings (SSSR count). The molecule has 0 aliphatic rings. The van der Waals surface area contributed by atoms with E-state index in [9.17, 15) is 18.3 Å². The Labute approximate surface area is 117 Å². The van der Waals surface area contributed by atoms with Gasteiger partial charge in [0.05, 0.1) is 16.9 Å². The van der Waals surface area contributed by atoms with Crippen LogP contribution in [0.15, 0.2) is 29.2 Å². The van der Waals surface area contributed by atoms with E-state index in [1.54, 1.807) is 13.8 Å².